The molecule has 0 saturated carbocycles. The molecule has 1 fully saturated rings. The SMILES string of the molecule is Nc1ccc(NCC2CCC(=O)N2)c(I)c1. The average molecular weight is 331 g/mol. The normalized spacial score (nSPS) is 19.6. The molecule has 0 aromatic heterocycles. The maximum absolute atomic E-state index is 11.0. The second kappa shape index (κ2) is 4.90. The fourth-order valence-corrected chi connectivity index (χ4v) is 2.47. The van der Waals surface area contributed by atoms with Crippen molar-refractivity contribution in [1.82, 2.24) is 5.32 Å². The fraction of sp³-hybridized carbons (Fsp3) is 0.364. The highest BCUT2D eigenvalue weighted by Gasteiger charge is 2.20. The van der Waals surface area contributed by atoms with Crippen LogP contribution in [0, 0.1) is 3.57 Å². The first-order valence-electron chi connectivity index (χ1n) is 5.23. The summed E-state index contributed by atoms with van der Waals surface area (Å²) in [6, 6.07) is 6.02. The number of benzene rings is 1. The molecule has 1 aliphatic heterocycles. The molecule has 2 rings (SSSR count). The third kappa shape index (κ3) is 2.78. The number of nitrogens with two attached hydrogens (primary N) is 1. The minimum Gasteiger partial charge on any atom is -0.399 e. The number of carbonyl (C=O) groups is 1. The summed E-state index contributed by atoms with van der Waals surface area (Å²) in [7, 11) is 0. The van der Waals surface area contributed by atoms with Crippen LogP contribution in [0.3, 0.4) is 0 Å². The van der Waals surface area contributed by atoms with Crippen LogP contribution in [0.15, 0.2) is 18.2 Å². The molecule has 1 saturated heterocycles. The highest BCUT2D eigenvalue weighted by molar-refractivity contribution is 14.1. The van der Waals surface area contributed by atoms with Crippen molar-refractivity contribution in [2.24, 2.45) is 0 Å². The summed E-state index contributed by atoms with van der Waals surface area (Å²) in [6.45, 7) is 0.770. The van der Waals surface area contributed by atoms with Crippen LogP contribution < -0.4 is 16.4 Å². The van der Waals surface area contributed by atoms with E-state index in [9.17, 15) is 4.79 Å². The largest absolute Gasteiger partial charge is 0.399 e. The molecular weight excluding hydrogens is 317 g/mol. The summed E-state index contributed by atoms with van der Waals surface area (Å²) < 4.78 is 1.10. The summed E-state index contributed by atoms with van der Waals surface area (Å²) in [5.74, 6) is 0.152. The topological polar surface area (TPSA) is 67.1 Å². The molecule has 0 bridgehead atoms. The number of carbonyl (C=O) groups excluding carboxylic acids is 1. The zero-order valence-electron chi connectivity index (χ0n) is 8.79. The zero-order valence-corrected chi connectivity index (χ0v) is 11.0. The first-order chi connectivity index (χ1) is 7.65. The Morgan fingerprint density at radius 3 is 3.00 bits per heavy atom. The Labute approximate surface area is 108 Å². The first-order valence-corrected chi connectivity index (χ1v) is 6.31. The van der Waals surface area contributed by atoms with Gasteiger partial charge in [-0.2, -0.15) is 0 Å². The lowest BCUT2D eigenvalue weighted by Crippen LogP contribution is -2.31. The standard InChI is InChI=1S/C11H14IN3O/c12-9-5-7(13)1-3-10(9)14-6-8-2-4-11(16)15-8/h1,3,5,8,14H,2,4,6,13H2,(H,15,16). The number of hydrogen-bond acceptors (Lipinski definition) is 3. The van der Waals surface area contributed by atoms with E-state index >= 15 is 0 Å². The van der Waals surface area contributed by atoms with E-state index in [1.165, 1.54) is 0 Å². The Bertz CT molecular complexity index is 408. The molecule has 5 heteroatoms. The van der Waals surface area contributed by atoms with Gasteiger partial charge in [-0.15, -0.1) is 0 Å². The molecule has 4 nitrogen and oxygen atoms in total. The van der Waals surface area contributed by atoms with Gasteiger partial charge in [-0.1, -0.05) is 0 Å². The number of anilines is 2. The average Bonchev–Trinajstić information content (AvgIpc) is 2.63. The minimum atomic E-state index is 0.152. The number of rotatable bonds is 3. The highest BCUT2D eigenvalue weighted by atomic mass is 127. The molecule has 86 valence electrons. The maximum Gasteiger partial charge on any atom is 0.220 e. The predicted octanol–water partition coefficient (Wildman–Crippen LogP) is 1.56. The first kappa shape index (κ1) is 11.5. The molecule has 1 aromatic rings. The van der Waals surface area contributed by atoms with Crippen molar-refractivity contribution in [3.05, 3.63) is 21.8 Å². The van der Waals surface area contributed by atoms with E-state index < -0.39 is 0 Å². The van der Waals surface area contributed by atoms with Crippen LogP contribution in [-0.4, -0.2) is 18.5 Å². The third-order valence-corrected chi connectivity index (χ3v) is 3.51. The van der Waals surface area contributed by atoms with Gasteiger partial charge >= 0.3 is 0 Å². The van der Waals surface area contributed by atoms with Crippen LogP contribution in [0.4, 0.5) is 11.4 Å². The van der Waals surface area contributed by atoms with Crippen molar-refractivity contribution in [3.63, 3.8) is 0 Å². The number of amides is 1. The van der Waals surface area contributed by atoms with Gasteiger partial charge in [-0.05, 0) is 47.2 Å². The van der Waals surface area contributed by atoms with E-state index in [4.69, 9.17) is 5.73 Å². The lowest BCUT2D eigenvalue weighted by Gasteiger charge is -2.13. The molecule has 0 radical (unpaired) electrons. The molecule has 1 aromatic carbocycles. The zero-order chi connectivity index (χ0) is 11.5. The van der Waals surface area contributed by atoms with Crippen molar-refractivity contribution in [3.8, 4) is 0 Å². The fourth-order valence-electron chi connectivity index (χ4n) is 1.74. The summed E-state index contributed by atoms with van der Waals surface area (Å²) in [4.78, 5) is 11.0. The monoisotopic (exact) mass is 331 g/mol. The molecule has 1 amide bonds. The lowest BCUT2D eigenvalue weighted by atomic mass is 10.2. The van der Waals surface area contributed by atoms with Crippen molar-refractivity contribution < 1.29 is 4.79 Å². The Morgan fingerprint density at radius 1 is 1.56 bits per heavy atom. The smallest absolute Gasteiger partial charge is 0.220 e. The third-order valence-electron chi connectivity index (χ3n) is 2.62. The van der Waals surface area contributed by atoms with E-state index in [1.807, 2.05) is 18.2 Å². The quantitative estimate of drug-likeness (QED) is 0.582. The van der Waals surface area contributed by atoms with Crippen LogP contribution in [0.25, 0.3) is 0 Å². The van der Waals surface area contributed by atoms with Gasteiger partial charge in [0.2, 0.25) is 5.91 Å². The van der Waals surface area contributed by atoms with Crippen LogP contribution in [0.2, 0.25) is 0 Å². The number of nitrogens with one attached hydrogen (secondary N) is 2. The van der Waals surface area contributed by atoms with Gasteiger partial charge in [0.15, 0.2) is 0 Å². The second-order valence-electron chi connectivity index (χ2n) is 3.92. The van der Waals surface area contributed by atoms with Crippen molar-refractivity contribution >= 4 is 39.9 Å². The van der Waals surface area contributed by atoms with Gasteiger partial charge in [0.1, 0.15) is 0 Å². The van der Waals surface area contributed by atoms with Gasteiger partial charge in [0.25, 0.3) is 0 Å². The Kier molecular flexibility index (Phi) is 3.52. The second-order valence-corrected chi connectivity index (χ2v) is 5.09. The number of nitrogen functional groups attached to an aromatic ring is 1. The number of hydrogen-bond donors (Lipinski definition) is 3. The van der Waals surface area contributed by atoms with E-state index in [0.717, 1.165) is 27.9 Å². The predicted molar refractivity (Wildman–Crippen MR) is 73.2 cm³/mol. The van der Waals surface area contributed by atoms with Gasteiger partial charge < -0.3 is 16.4 Å². The molecule has 1 aliphatic rings. The van der Waals surface area contributed by atoms with E-state index in [-0.39, 0.29) is 11.9 Å². The van der Waals surface area contributed by atoms with E-state index in [0.29, 0.717) is 6.42 Å². The lowest BCUT2D eigenvalue weighted by molar-refractivity contribution is -0.119. The molecule has 1 unspecified atom stereocenters. The van der Waals surface area contributed by atoms with Crippen molar-refractivity contribution in [1.29, 1.82) is 0 Å². The highest BCUT2D eigenvalue weighted by Crippen LogP contribution is 2.21. The maximum atomic E-state index is 11.0. The summed E-state index contributed by atoms with van der Waals surface area (Å²) >= 11 is 2.25. The molecule has 0 aliphatic carbocycles. The Balaban J connectivity index is 1.92. The van der Waals surface area contributed by atoms with E-state index in [2.05, 4.69) is 33.2 Å². The van der Waals surface area contributed by atoms with E-state index in [1.54, 1.807) is 0 Å². The van der Waals surface area contributed by atoms with Crippen molar-refractivity contribution in [2.75, 3.05) is 17.6 Å². The van der Waals surface area contributed by atoms with Crippen LogP contribution in [0.5, 0.6) is 0 Å². The molecule has 4 N–H and O–H groups in total. The molecule has 1 heterocycles. The van der Waals surface area contributed by atoms with Crippen molar-refractivity contribution in [2.45, 2.75) is 18.9 Å². The molecule has 1 atom stereocenters. The summed E-state index contributed by atoms with van der Waals surface area (Å²) in [5.41, 5.74) is 7.51. The van der Waals surface area contributed by atoms with Crippen LogP contribution in [0.1, 0.15) is 12.8 Å². The summed E-state index contributed by atoms with van der Waals surface area (Å²) in [5, 5.41) is 6.25. The number of halogens is 1. The molecule has 16 heavy (non-hydrogen) atoms. The minimum absolute atomic E-state index is 0.152. The van der Waals surface area contributed by atoms with Gasteiger partial charge in [0, 0.05) is 34.0 Å². The van der Waals surface area contributed by atoms with Crippen LogP contribution >= 0.6 is 22.6 Å². The van der Waals surface area contributed by atoms with Gasteiger partial charge in [-0.3, -0.25) is 4.79 Å². The Morgan fingerprint density at radius 2 is 2.38 bits per heavy atom. The Hall–Kier alpha value is -0.980. The molecular formula is C11H14IN3O. The van der Waals surface area contributed by atoms with Gasteiger partial charge in [0.05, 0.1) is 0 Å². The molecule has 0 spiro atoms. The van der Waals surface area contributed by atoms with Crippen LogP contribution in [-0.2, 0) is 4.79 Å². The van der Waals surface area contributed by atoms with Gasteiger partial charge in [-0.25, -0.2) is 0 Å². The summed E-state index contributed by atoms with van der Waals surface area (Å²) in [6.07, 6.45) is 1.56.